The summed E-state index contributed by atoms with van der Waals surface area (Å²) in [6, 6.07) is 11.8. The number of benzene rings is 1. The van der Waals surface area contributed by atoms with Crippen molar-refractivity contribution < 1.29 is 32.7 Å². The molecule has 33 heavy (non-hydrogen) atoms. The van der Waals surface area contributed by atoms with Crippen molar-refractivity contribution in [3.05, 3.63) is 95.4 Å². The summed E-state index contributed by atoms with van der Waals surface area (Å²) in [4.78, 5) is 8.77. The van der Waals surface area contributed by atoms with Gasteiger partial charge in [-0.05, 0) is 52.0 Å². The number of pyridine rings is 2. The van der Waals surface area contributed by atoms with Gasteiger partial charge in [-0.2, -0.15) is 0 Å². The van der Waals surface area contributed by atoms with Crippen molar-refractivity contribution in [2.45, 2.75) is 39.8 Å². The van der Waals surface area contributed by atoms with Crippen molar-refractivity contribution in [1.29, 1.82) is 0 Å². The Kier molecular flexibility index (Phi) is 15.5. The second kappa shape index (κ2) is 16.9. The van der Waals surface area contributed by atoms with Gasteiger partial charge in [0.2, 0.25) is 0 Å². The number of hydrogen-bond donors (Lipinski definition) is 0. The Labute approximate surface area is 201 Å². The summed E-state index contributed by atoms with van der Waals surface area (Å²) in [5.41, 5.74) is 0. The molecule has 4 nitrogen and oxygen atoms in total. The molecular weight excluding hydrogens is 479 g/mol. The van der Waals surface area contributed by atoms with E-state index in [0.29, 0.717) is 18.2 Å². The Morgan fingerprint density at radius 3 is 1.39 bits per heavy atom. The Bertz CT molecular complexity index is 974. The van der Waals surface area contributed by atoms with E-state index in [1.807, 2.05) is 72.3 Å². The molecule has 0 unspecified atom stereocenters. The van der Waals surface area contributed by atoms with Crippen LogP contribution in [-0.4, -0.2) is 21.2 Å². The number of aryl methyl sites for hydroxylation is 2. The van der Waals surface area contributed by atoms with Crippen LogP contribution in [-0.2, 0) is 30.0 Å². The Morgan fingerprint density at radius 2 is 1.12 bits per heavy atom. The van der Waals surface area contributed by atoms with Gasteiger partial charge in [-0.3, -0.25) is 18.8 Å². The summed E-state index contributed by atoms with van der Waals surface area (Å²) in [5.74, 6) is -3.19. The average molecular weight is 509 g/mol. The first-order valence-corrected chi connectivity index (χ1v) is 10.4. The summed E-state index contributed by atoms with van der Waals surface area (Å²) in [7, 11) is 4.00. The van der Waals surface area contributed by atoms with Crippen LogP contribution >= 0.6 is 0 Å². The van der Waals surface area contributed by atoms with Crippen LogP contribution in [0.2, 0.25) is 0 Å². The predicted octanol–water partition coefficient (Wildman–Crippen LogP) is 4.99. The van der Waals surface area contributed by atoms with E-state index >= 15 is 0 Å². The second-order valence-electron chi connectivity index (χ2n) is 7.37. The van der Waals surface area contributed by atoms with Crippen LogP contribution < -0.4 is 10.7 Å². The molecule has 2 heterocycles. The molecule has 0 radical (unpaired) electrons. The fraction of sp³-hybridized carbons (Fsp3) is 0.333. The summed E-state index contributed by atoms with van der Waals surface area (Å²) in [5, 5.41) is 2.11. The van der Waals surface area contributed by atoms with Gasteiger partial charge in [-0.15, -0.1) is 18.2 Å². The molecule has 0 fully saturated rings. The molecule has 0 aliphatic rings. The van der Waals surface area contributed by atoms with Crippen LogP contribution in [0.4, 0.5) is 16.8 Å². The fourth-order valence-corrected chi connectivity index (χ4v) is 2.18. The van der Waals surface area contributed by atoms with Gasteiger partial charge in [0.15, 0.2) is 0 Å². The normalized spacial score (nSPS) is 9.64. The van der Waals surface area contributed by atoms with Gasteiger partial charge in [-0.25, -0.2) is 4.39 Å². The molecule has 185 valence electrons. The molecule has 0 spiro atoms. The minimum absolute atomic E-state index is 0.378. The number of nitrogens with zero attached hydrogens (tertiary/aromatic N) is 4. The van der Waals surface area contributed by atoms with E-state index in [1.54, 1.807) is 6.07 Å². The van der Waals surface area contributed by atoms with E-state index < -0.39 is 17.5 Å². The third-order valence-corrected chi connectivity index (χ3v) is 3.55. The number of rotatable bonds is 2. The van der Waals surface area contributed by atoms with Crippen LogP contribution in [0.25, 0.3) is 0 Å². The Balaban J connectivity index is 0.000000450. The molecular formula is C24H30F4N4Ni-. The SMILES string of the molecule is CC(C)N=c1ccn(C)cc1.CC(C)N=c1ccn(C)cc1.Fc1c[c-]c(F)c(F)c1.[F][Ni]. The molecule has 1 aromatic carbocycles. The molecule has 2 aromatic heterocycles. The molecule has 0 saturated heterocycles. The summed E-state index contributed by atoms with van der Waals surface area (Å²) >= 11 is 2.38. The zero-order valence-electron chi connectivity index (χ0n) is 19.5. The van der Waals surface area contributed by atoms with Crippen molar-refractivity contribution >= 4 is 0 Å². The van der Waals surface area contributed by atoms with Crippen molar-refractivity contribution in [3.63, 3.8) is 0 Å². The van der Waals surface area contributed by atoms with Gasteiger partial charge in [0.25, 0.3) is 0 Å². The monoisotopic (exact) mass is 508 g/mol. The van der Waals surface area contributed by atoms with E-state index in [0.717, 1.165) is 16.8 Å². The van der Waals surface area contributed by atoms with Gasteiger partial charge >= 0.3 is 19.5 Å². The molecule has 0 saturated carbocycles. The molecule has 9 heteroatoms. The van der Waals surface area contributed by atoms with Crippen molar-refractivity contribution in [2.24, 2.45) is 24.1 Å². The number of hydrogen-bond acceptors (Lipinski definition) is 2. The van der Waals surface area contributed by atoms with Gasteiger partial charge in [0, 0.05) is 68.4 Å². The van der Waals surface area contributed by atoms with Crippen molar-refractivity contribution in [1.82, 2.24) is 9.13 Å². The van der Waals surface area contributed by atoms with E-state index in [9.17, 15) is 13.2 Å². The summed E-state index contributed by atoms with van der Waals surface area (Å²) in [6.07, 6.45) is 8.00. The van der Waals surface area contributed by atoms with Crippen LogP contribution in [0.1, 0.15) is 27.7 Å². The van der Waals surface area contributed by atoms with Crippen molar-refractivity contribution in [3.8, 4) is 0 Å². The van der Waals surface area contributed by atoms with E-state index in [2.05, 4.69) is 53.6 Å². The zero-order valence-corrected chi connectivity index (χ0v) is 20.5. The molecule has 0 N–H and O–H groups in total. The molecule has 0 aliphatic carbocycles. The first-order chi connectivity index (χ1) is 15.6. The summed E-state index contributed by atoms with van der Waals surface area (Å²) < 4.78 is 48.9. The maximum atomic E-state index is 11.9. The predicted molar refractivity (Wildman–Crippen MR) is 118 cm³/mol. The summed E-state index contributed by atoms with van der Waals surface area (Å²) in [6.45, 7) is 8.31. The van der Waals surface area contributed by atoms with E-state index in [1.165, 1.54) is 0 Å². The second-order valence-corrected chi connectivity index (χ2v) is 7.37. The number of aromatic nitrogens is 2. The topological polar surface area (TPSA) is 34.6 Å². The first-order valence-electron chi connectivity index (χ1n) is 10.0. The van der Waals surface area contributed by atoms with Gasteiger partial charge < -0.3 is 9.13 Å². The van der Waals surface area contributed by atoms with Crippen LogP contribution in [0.15, 0.2) is 71.2 Å². The van der Waals surface area contributed by atoms with Crippen LogP contribution in [0.5, 0.6) is 0 Å². The quantitative estimate of drug-likeness (QED) is 0.202. The zero-order chi connectivity index (χ0) is 25.4. The third kappa shape index (κ3) is 14.9. The van der Waals surface area contributed by atoms with Gasteiger partial charge in [0.05, 0.1) is 10.7 Å². The van der Waals surface area contributed by atoms with Gasteiger partial charge in [0.1, 0.15) is 0 Å². The molecule has 0 amide bonds. The maximum absolute atomic E-state index is 11.9. The minimum atomic E-state index is -1.21. The van der Waals surface area contributed by atoms with Crippen LogP contribution in [0, 0.1) is 23.5 Å². The van der Waals surface area contributed by atoms with E-state index in [-0.39, 0.29) is 0 Å². The molecule has 0 bridgehead atoms. The average Bonchev–Trinajstić information content (AvgIpc) is 2.76. The van der Waals surface area contributed by atoms with E-state index in [4.69, 9.17) is 3.61 Å². The Hall–Kier alpha value is -2.67. The first kappa shape index (κ1) is 30.3. The van der Waals surface area contributed by atoms with Crippen LogP contribution in [0.3, 0.4) is 0 Å². The van der Waals surface area contributed by atoms with Gasteiger partial charge in [-0.1, -0.05) is 0 Å². The molecule has 3 rings (SSSR count). The Morgan fingerprint density at radius 1 is 0.758 bits per heavy atom. The molecule has 0 aliphatic heterocycles. The molecule has 3 aromatic rings. The van der Waals surface area contributed by atoms with Crippen molar-refractivity contribution in [2.75, 3.05) is 0 Å². The molecule has 0 atom stereocenters. The third-order valence-electron chi connectivity index (χ3n) is 3.55. The number of halogens is 4. The standard InChI is InChI=1S/2C9H14N2.C6H2F3.FH.Ni/c2*1-8(2)10-9-4-6-11(3)7-5-9;7-4-1-2-5(8)6(9)3-4;;/h2*4-8H,1-3H3;1,3H;1H;/q;;-1;;+1/p-1. The fourth-order valence-electron chi connectivity index (χ4n) is 2.18.